The summed E-state index contributed by atoms with van der Waals surface area (Å²) < 4.78 is 41.4. The molecule has 0 N–H and O–H groups in total. The van der Waals surface area contributed by atoms with E-state index >= 15 is 0 Å². The normalized spacial score (nSPS) is 18.9. The lowest BCUT2D eigenvalue weighted by Gasteiger charge is -2.39. The van der Waals surface area contributed by atoms with Gasteiger partial charge in [0.25, 0.3) is 11.8 Å². The third kappa shape index (κ3) is 7.83. The van der Waals surface area contributed by atoms with Crippen molar-refractivity contribution in [2.45, 2.75) is 96.4 Å². The van der Waals surface area contributed by atoms with Crippen LogP contribution in [0.15, 0.2) is 30.5 Å². The van der Waals surface area contributed by atoms with Gasteiger partial charge in [-0.3, -0.25) is 19.3 Å². The molecule has 12 nitrogen and oxygen atoms in total. The average Bonchev–Trinajstić information content (AvgIpc) is 3.59. The number of anilines is 3. The molecule has 0 radical (unpaired) electrons. The van der Waals surface area contributed by atoms with Gasteiger partial charge in [0.15, 0.2) is 14.1 Å². The predicted octanol–water partition coefficient (Wildman–Crippen LogP) is 7.42. The quantitative estimate of drug-likeness (QED) is 0.228. The Morgan fingerprint density at radius 2 is 1.75 bits per heavy atom. The number of nitrogens with zero attached hydrogens (tertiary/aromatic N) is 8. The van der Waals surface area contributed by atoms with Crippen molar-refractivity contribution in [3.63, 3.8) is 0 Å². The molecule has 0 spiro atoms. The van der Waals surface area contributed by atoms with Crippen molar-refractivity contribution in [2.75, 3.05) is 43.1 Å². The van der Waals surface area contributed by atoms with Crippen LogP contribution in [0.25, 0.3) is 11.3 Å². The van der Waals surface area contributed by atoms with E-state index in [0.717, 1.165) is 5.56 Å². The SMILES string of the molecule is CN(c1cc(C(=O)N2CCC(F)(F)CC2)n(C)n1)c1nccc(-c2cc(C#N)c3c(c2)C(C)(CO[Si](C)(C)C(C)(C)C)CN3C(=O)OC(C)(C)C)n1. The number of carbonyl (C=O) groups is 2. The second kappa shape index (κ2) is 13.5. The predicted molar refractivity (Wildman–Crippen MR) is 198 cm³/mol. The highest BCUT2D eigenvalue weighted by Crippen LogP contribution is 2.47. The summed E-state index contributed by atoms with van der Waals surface area (Å²) >= 11 is 0. The van der Waals surface area contributed by atoms with Crippen LogP contribution in [-0.2, 0) is 21.6 Å². The van der Waals surface area contributed by atoms with E-state index in [1.165, 1.54) is 9.58 Å². The maximum absolute atomic E-state index is 13.7. The first-order valence-corrected chi connectivity index (χ1v) is 20.4. The molecule has 1 atom stereocenters. The zero-order valence-electron chi connectivity index (χ0n) is 32.1. The molecular formula is C37H50F2N8O4Si. The molecular weight excluding hydrogens is 687 g/mol. The van der Waals surface area contributed by atoms with E-state index in [9.17, 15) is 23.6 Å². The smallest absolute Gasteiger partial charge is 0.414 e. The van der Waals surface area contributed by atoms with E-state index in [-0.39, 0.29) is 55.1 Å². The summed E-state index contributed by atoms with van der Waals surface area (Å²) in [4.78, 5) is 40.7. The van der Waals surface area contributed by atoms with E-state index in [0.29, 0.717) is 34.9 Å². The second-order valence-corrected chi connectivity index (χ2v) is 21.5. The van der Waals surface area contributed by atoms with Gasteiger partial charge in [-0.2, -0.15) is 10.4 Å². The molecule has 280 valence electrons. The molecule has 1 saturated heterocycles. The summed E-state index contributed by atoms with van der Waals surface area (Å²) in [6, 6.07) is 9.31. The number of rotatable bonds is 7. The van der Waals surface area contributed by atoms with E-state index in [2.05, 4.69) is 50.0 Å². The van der Waals surface area contributed by atoms with Gasteiger partial charge in [-0.15, -0.1) is 0 Å². The van der Waals surface area contributed by atoms with Gasteiger partial charge in [-0.1, -0.05) is 27.7 Å². The van der Waals surface area contributed by atoms with Crippen molar-refractivity contribution in [2.24, 2.45) is 7.05 Å². The van der Waals surface area contributed by atoms with Gasteiger partial charge < -0.3 is 14.1 Å². The molecule has 2 aromatic heterocycles. The molecule has 2 amide bonds. The number of piperidine rings is 1. The topological polar surface area (TPSA) is 130 Å². The Morgan fingerprint density at radius 3 is 2.35 bits per heavy atom. The number of hydrogen-bond acceptors (Lipinski definition) is 9. The van der Waals surface area contributed by atoms with Crippen LogP contribution < -0.4 is 9.80 Å². The van der Waals surface area contributed by atoms with E-state index < -0.39 is 31.3 Å². The number of aryl methyl sites for hydroxylation is 1. The fourth-order valence-corrected chi connectivity index (χ4v) is 7.18. The van der Waals surface area contributed by atoms with Gasteiger partial charge in [0.2, 0.25) is 5.95 Å². The molecule has 5 rings (SSSR count). The highest BCUT2D eigenvalue weighted by molar-refractivity contribution is 6.74. The van der Waals surface area contributed by atoms with Gasteiger partial charge in [0.05, 0.1) is 16.9 Å². The Balaban J connectivity index is 1.50. The number of nitriles is 1. The number of benzene rings is 1. The lowest BCUT2D eigenvalue weighted by Crippen LogP contribution is -2.46. The Morgan fingerprint density at radius 1 is 1.10 bits per heavy atom. The highest BCUT2D eigenvalue weighted by atomic mass is 28.4. The number of fused-ring (bicyclic) bond motifs is 1. The maximum Gasteiger partial charge on any atom is 0.414 e. The third-order valence-corrected chi connectivity index (χ3v) is 14.8. The van der Waals surface area contributed by atoms with Crippen molar-refractivity contribution in [3.8, 4) is 17.3 Å². The van der Waals surface area contributed by atoms with Crippen LogP contribution in [0, 0.1) is 11.3 Å². The summed E-state index contributed by atoms with van der Waals surface area (Å²) in [6.45, 7) is 18.9. The number of aromatic nitrogens is 4. The van der Waals surface area contributed by atoms with Crippen molar-refractivity contribution in [1.29, 1.82) is 5.26 Å². The van der Waals surface area contributed by atoms with Crippen LogP contribution in [0.3, 0.4) is 0 Å². The molecule has 0 bridgehead atoms. The fraction of sp³-hybridized carbons (Fsp3) is 0.568. The van der Waals surface area contributed by atoms with E-state index in [4.69, 9.17) is 14.1 Å². The third-order valence-electron chi connectivity index (χ3n) is 10.3. The minimum absolute atomic E-state index is 0.0319. The summed E-state index contributed by atoms with van der Waals surface area (Å²) in [5.74, 6) is -2.47. The highest BCUT2D eigenvalue weighted by Gasteiger charge is 2.47. The lowest BCUT2D eigenvalue weighted by atomic mass is 9.83. The fourth-order valence-electron chi connectivity index (χ4n) is 6.07. The number of carbonyl (C=O) groups excluding carboxylic acids is 2. The van der Waals surface area contributed by atoms with Gasteiger partial charge in [-0.05, 0) is 62.7 Å². The van der Waals surface area contributed by atoms with Crippen molar-refractivity contribution in [1.82, 2.24) is 24.6 Å². The minimum Gasteiger partial charge on any atom is -0.443 e. The van der Waals surface area contributed by atoms with Gasteiger partial charge >= 0.3 is 6.09 Å². The van der Waals surface area contributed by atoms with Crippen LogP contribution in [0.1, 0.15) is 82.9 Å². The monoisotopic (exact) mass is 736 g/mol. The Hall–Kier alpha value is -4.42. The number of halogens is 2. The second-order valence-electron chi connectivity index (χ2n) is 16.7. The van der Waals surface area contributed by atoms with Crippen LogP contribution >= 0.6 is 0 Å². The largest absolute Gasteiger partial charge is 0.443 e. The molecule has 3 aromatic rings. The Bertz CT molecular complexity index is 1900. The van der Waals surface area contributed by atoms with Gasteiger partial charge in [-0.25, -0.2) is 23.5 Å². The maximum atomic E-state index is 13.7. The first-order chi connectivity index (χ1) is 24.0. The molecule has 15 heteroatoms. The molecule has 0 saturated carbocycles. The van der Waals surface area contributed by atoms with Crippen molar-refractivity contribution < 1.29 is 27.5 Å². The number of alkyl halides is 2. The number of likely N-dealkylation sites (tertiary alicyclic amines) is 1. The van der Waals surface area contributed by atoms with Gasteiger partial charge in [0.1, 0.15) is 17.4 Å². The zero-order chi connectivity index (χ0) is 38.6. The molecule has 1 aromatic carbocycles. The van der Waals surface area contributed by atoms with Crippen molar-refractivity contribution in [3.05, 3.63) is 47.3 Å². The lowest BCUT2D eigenvalue weighted by molar-refractivity contribution is -0.0495. The number of hydrogen-bond donors (Lipinski definition) is 0. The Labute approximate surface area is 305 Å². The number of amides is 2. The van der Waals surface area contributed by atoms with Crippen molar-refractivity contribution >= 4 is 37.8 Å². The van der Waals surface area contributed by atoms with Gasteiger partial charge in [0, 0.05) is 76.4 Å². The molecule has 1 unspecified atom stereocenters. The average molecular weight is 737 g/mol. The molecule has 1 fully saturated rings. The molecule has 2 aliphatic heterocycles. The van der Waals surface area contributed by atoms with Crippen LogP contribution in [-0.4, -0.2) is 89.8 Å². The zero-order valence-corrected chi connectivity index (χ0v) is 33.1. The standard InChI is InChI=1S/C37H50F2N8O4Si/c1-34(2,3)51-33(49)47-22-36(7,23-50-52(10,11)35(4,5)6)26-19-24(18-25(21-40)30(26)47)27-12-15-41-32(42-27)44(8)29-20-28(45(9)43-29)31(48)46-16-13-37(38,39)14-17-46/h12,15,18-20H,13-14,16-17,22-23H2,1-11H3. The number of ether oxygens (including phenoxy) is 1. The first-order valence-electron chi connectivity index (χ1n) is 17.5. The summed E-state index contributed by atoms with van der Waals surface area (Å²) in [5.41, 5.74) is 1.60. The summed E-state index contributed by atoms with van der Waals surface area (Å²) in [6.07, 6.45) is 0.319. The van der Waals surface area contributed by atoms with Crippen LogP contribution in [0.5, 0.6) is 0 Å². The van der Waals surface area contributed by atoms with Crippen LogP contribution in [0.2, 0.25) is 18.1 Å². The molecule has 4 heterocycles. The van der Waals surface area contributed by atoms with Crippen LogP contribution in [0.4, 0.5) is 31.0 Å². The van der Waals surface area contributed by atoms with E-state index in [1.54, 1.807) is 48.3 Å². The molecule has 2 aliphatic rings. The first kappa shape index (κ1) is 38.8. The molecule has 0 aliphatic carbocycles. The van der Waals surface area contributed by atoms with E-state index in [1.807, 2.05) is 33.8 Å². The molecule has 52 heavy (non-hydrogen) atoms. The summed E-state index contributed by atoms with van der Waals surface area (Å²) in [7, 11) is 1.15. The summed E-state index contributed by atoms with van der Waals surface area (Å²) in [5, 5.41) is 14.9. The Kier molecular flexibility index (Phi) is 10.1. The minimum atomic E-state index is -2.77.